The number of hydrogen-bond donors (Lipinski definition) is 2. The number of nitrogens with zero attached hydrogens (tertiary/aromatic N) is 3. The van der Waals surface area contributed by atoms with E-state index in [-0.39, 0.29) is 6.04 Å². The molecule has 1 aliphatic heterocycles. The SMILES string of the molecule is CN(Cc1cc(-c2ncccn2)ccc1OCC(=O)O)[C@H]1COC[C@@H]1O. The molecule has 1 fully saturated rings. The maximum Gasteiger partial charge on any atom is 0.341 e. The lowest BCUT2D eigenvalue weighted by atomic mass is 10.1. The summed E-state index contributed by atoms with van der Waals surface area (Å²) < 4.78 is 10.7. The Labute approximate surface area is 151 Å². The van der Waals surface area contributed by atoms with Crippen LogP contribution in [0.3, 0.4) is 0 Å². The van der Waals surface area contributed by atoms with Gasteiger partial charge in [-0.15, -0.1) is 0 Å². The zero-order valence-electron chi connectivity index (χ0n) is 14.4. The minimum atomic E-state index is -1.04. The zero-order valence-corrected chi connectivity index (χ0v) is 14.4. The number of hydrogen-bond acceptors (Lipinski definition) is 7. The molecule has 2 aromatic rings. The number of aliphatic hydroxyl groups excluding tert-OH is 1. The van der Waals surface area contributed by atoms with Gasteiger partial charge in [-0.3, -0.25) is 4.90 Å². The number of likely N-dealkylation sites (N-methyl/N-ethyl adjacent to an activating group) is 1. The third-order valence-corrected chi connectivity index (χ3v) is 4.24. The first-order valence-corrected chi connectivity index (χ1v) is 8.25. The molecule has 0 aliphatic carbocycles. The van der Waals surface area contributed by atoms with Crippen molar-refractivity contribution in [1.82, 2.24) is 14.9 Å². The average molecular weight is 359 g/mol. The Morgan fingerprint density at radius 3 is 2.77 bits per heavy atom. The molecule has 0 saturated carbocycles. The van der Waals surface area contributed by atoms with Crippen LogP contribution in [0, 0.1) is 0 Å². The fourth-order valence-electron chi connectivity index (χ4n) is 2.91. The van der Waals surface area contributed by atoms with Crippen molar-refractivity contribution in [2.24, 2.45) is 0 Å². The second-order valence-electron chi connectivity index (χ2n) is 6.16. The first kappa shape index (κ1) is 18.2. The number of benzene rings is 1. The van der Waals surface area contributed by atoms with E-state index in [2.05, 4.69) is 9.97 Å². The fourth-order valence-corrected chi connectivity index (χ4v) is 2.91. The summed E-state index contributed by atoms with van der Waals surface area (Å²) in [4.78, 5) is 21.3. The van der Waals surface area contributed by atoms with Crippen LogP contribution in [0.1, 0.15) is 5.56 Å². The lowest BCUT2D eigenvalue weighted by Gasteiger charge is -2.26. The van der Waals surface area contributed by atoms with E-state index < -0.39 is 18.7 Å². The van der Waals surface area contributed by atoms with E-state index in [4.69, 9.17) is 14.6 Å². The molecule has 3 rings (SSSR count). The van der Waals surface area contributed by atoms with Gasteiger partial charge in [-0.05, 0) is 31.3 Å². The van der Waals surface area contributed by atoms with E-state index in [0.717, 1.165) is 11.1 Å². The van der Waals surface area contributed by atoms with Crippen LogP contribution < -0.4 is 4.74 Å². The van der Waals surface area contributed by atoms with E-state index in [9.17, 15) is 9.90 Å². The highest BCUT2D eigenvalue weighted by atomic mass is 16.5. The molecule has 0 radical (unpaired) electrons. The summed E-state index contributed by atoms with van der Waals surface area (Å²) in [6.07, 6.45) is 2.77. The molecule has 8 heteroatoms. The van der Waals surface area contributed by atoms with Gasteiger partial charge in [0.05, 0.1) is 25.4 Å². The monoisotopic (exact) mass is 359 g/mol. The molecular formula is C18H21N3O5. The summed E-state index contributed by atoms with van der Waals surface area (Å²) in [5, 5.41) is 18.9. The molecule has 2 heterocycles. The van der Waals surface area contributed by atoms with Gasteiger partial charge in [0.25, 0.3) is 0 Å². The standard InChI is InChI=1S/C18H21N3O5/c1-21(14-9-25-10-15(14)22)8-13-7-12(18-19-5-2-6-20-18)3-4-16(13)26-11-17(23)24/h2-7,14-15,22H,8-11H2,1H3,(H,23,24)/t14-,15-/m0/s1. The van der Waals surface area contributed by atoms with Crippen LogP contribution in [0.25, 0.3) is 11.4 Å². The van der Waals surface area contributed by atoms with Crippen LogP contribution in [0.5, 0.6) is 5.75 Å². The molecule has 8 nitrogen and oxygen atoms in total. The maximum atomic E-state index is 10.8. The van der Waals surface area contributed by atoms with E-state index in [1.54, 1.807) is 30.6 Å². The van der Waals surface area contributed by atoms with Crippen molar-refractivity contribution in [2.45, 2.75) is 18.7 Å². The van der Waals surface area contributed by atoms with Crippen LogP contribution in [0.15, 0.2) is 36.7 Å². The molecule has 2 N–H and O–H groups in total. The quantitative estimate of drug-likeness (QED) is 0.748. The molecule has 0 amide bonds. The van der Waals surface area contributed by atoms with Gasteiger partial charge in [-0.2, -0.15) is 0 Å². The van der Waals surface area contributed by atoms with Gasteiger partial charge in [0.1, 0.15) is 5.75 Å². The maximum absolute atomic E-state index is 10.8. The van der Waals surface area contributed by atoms with Gasteiger partial charge in [0.2, 0.25) is 0 Å². The van der Waals surface area contributed by atoms with Crippen LogP contribution >= 0.6 is 0 Å². The number of rotatable bonds is 7. The van der Waals surface area contributed by atoms with Crippen molar-refractivity contribution in [3.63, 3.8) is 0 Å². The van der Waals surface area contributed by atoms with E-state index >= 15 is 0 Å². The Morgan fingerprint density at radius 2 is 2.12 bits per heavy atom. The molecule has 0 bridgehead atoms. The molecule has 26 heavy (non-hydrogen) atoms. The van der Waals surface area contributed by atoms with Gasteiger partial charge in [0, 0.05) is 30.1 Å². The van der Waals surface area contributed by atoms with E-state index in [1.165, 1.54) is 0 Å². The van der Waals surface area contributed by atoms with Crippen LogP contribution in [-0.4, -0.2) is 70.1 Å². The zero-order chi connectivity index (χ0) is 18.5. The molecular weight excluding hydrogens is 338 g/mol. The van der Waals surface area contributed by atoms with Gasteiger partial charge in [-0.25, -0.2) is 14.8 Å². The van der Waals surface area contributed by atoms with Gasteiger partial charge in [0.15, 0.2) is 12.4 Å². The average Bonchev–Trinajstić information content (AvgIpc) is 3.07. The molecule has 2 atom stereocenters. The van der Waals surface area contributed by atoms with Crippen molar-refractivity contribution in [3.05, 3.63) is 42.2 Å². The number of aliphatic carboxylic acids is 1. The number of carbonyl (C=O) groups is 1. The fraction of sp³-hybridized carbons (Fsp3) is 0.389. The first-order chi connectivity index (χ1) is 12.5. The highest BCUT2D eigenvalue weighted by molar-refractivity contribution is 5.68. The molecule has 1 aliphatic rings. The van der Waals surface area contributed by atoms with Crippen molar-refractivity contribution < 1.29 is 24.5 Å². The van der Waals surface area contributed by atoms with Crippen molar-refractivity contribution in [3.8, 4) is 17.1 Å². The third-order valence-electron chi connectivity index (χ3n) is 4.24. The lowest BCUT2D eigenvalue weighted by molar-refractivity contribution is -0.139. The molecule has 1 saturated heterocycles. The second kappa shape index (κ2) is 8.22. The largest absolute Gasteiger partial charge is 0.482 e. The topological polar surface area (TPSA) is 105 Å². The lowest BCUT2D eigenvalue weighted by Crippen LogP contribution is -2.40. The van der Waals surface area contributed by atoms with Gasteiger partial charge >= 0.3 is 5.97 Å². The van der Waals surface area contributed by atoms with Crippen molar-refractivity contribution in [2.75, 3.05) is 26.9 Å². The molecule has 0 spiro atoms. The Kier molecular flexibility index (Phi) is 5.77. The van der Waals surface area contributed by atoms with Crippen molar-refractivity contribution in [1.29, 1.82) is 0 Å². The Morgan fingerprint density at radius 1 is 1.35 bits per heavy atom. The first-order valence-electron chi connectivity index (χ1n) is 8.25. The smallest absolute Gasteiger partial charge is 0.341 e. The predicted molar refractivity (Wildman–Crippen MR) is 92.7 cm³/mol. The van der Waals surface area contributed by atoms with Gasteiger partial charge < -0.3 is 19.7 Å². The highest BCUT2D eigenvalue weighted by Crippen LogP contribution is 2.27. The minimum absolute atomic E-state index is 0.126. The van der Waals surface area contributed by atoms with Crippen LogP contribution in [0.2, 0.25) is 0 Å². The number of ether oxygens (including phenoxy) is 2. The number of carboxylic acids is 1. The summed E-state index contributed by atoms with van der Waals surface area (Å²) in [6.45, 7) is 0.799. The number of aromatic nitrogens is 2. The normalized spacial score (nSPS) is 19.7. The predicted octanol–water partition coefficient (Wildman–Crippen LogP) is 0.798. The number of carboxylic acid groups (broad SMARTS) is 1. The van der Waals surface area contributed by atoms with Crippen molar-refractivity contribution >= 4 is 5.97 Å². The summed E-state index contributed by atoms with van der Waals surface area (Å²) in [6, 6.07) is 7.01. The Hall–Kier alpha value is -2.55. The minimum Gasteiger partial charge on any atom is -0.482 e. The summed E-state index contributed by atoms with van der Waals surface area (Å²) in [5.74, 6) is 0.0112. The van der Waals surface area contributed by atoms with Crippen LogP contribution in [0.4, 0.5) is 0 Å². The van der Waals surface area contributed by atoms with E-state index in [0.29, 0.717) is 31.3 Å². The molecule has 0 unspecified atom stereocenters. The Balaban J connectivity index is 1.86. The van der Waals surface area contributed by atoms with Crippen LogP contribution in [-0.2, 0) is 16.1 Å². The molecule has 1 aromatic heterocycles. The van der Waals surface area contributed by atoms with E-state index in [1.807, 2.05) is 18.0 Å². The molecule has 1 aromatic carbocycles. The second-order valence-corrected chi connectivity index (χ2v) is 6.16. The number of aliphatic hydroxyl groups is 1. The Bertz CT molecular complexity index is 756. The van der Waals surface area contributed by atoms with Gasteiger partial charge in [-0.1, -0.05) is 0 Å². The summed E-state index contributed by atoms with van der Waals surface area (Å²) >= 11 is 0. The summed E-state index contributed by atoms with van der Waals surface area (Å²) in [7, 11) is 1.88. The highest BCUT2D eigenvalue weighted by Gasteiger charge is 2.30. The molecule has 138 valence electrons. The summed E-state index contributed by atoms with van der Waals surface area (Å²) in [5.41, 5.74) is 1.60. The third kappa shape index (κ3) is 4.34.